The van der Waals surface area contributed by atoms with Crippen molar-refractivity contribution in [3.8, 4) is 11.5 Å². The van der Waals surface area contributed by atoms with Crippen LogP contribution in [0.2, 0.25) is 0 Å². The number of aromatic nitrogens is 2. The molecular weight excluding hydrogens is 368 g/mol. The molecule has 5 rings (SSSR count). The van der Waals surface area contributed by atoms with Crippen LogP contribution < -0.4 is 14.8 Å². The number of aromatic amines is 1. The van der Waals surface area contributed by atoms with E-state index in [1.165, 1.54) is 0 Å². The molecular formula is C22H24N4O3. The summed E-state index contributed by atoms with van der Waals surface area (Å²) in [6.45, 7) is 1.94. The van der Waals surface area contributed by atoms with Gasteiger partial charge in [-0.3, -0.25) is 9.69 Å². The second-order valence-corrected chi connectivity index (χ2v) is 7.69. The molecule has 1 saturated heterocycles. The minimum absolute atomic E-state index is 0.0834. The van der Waals surface area contributed by atoms with E-state index in [9.17, 15) is 4.79 Å². The van der Waals surface area contributed by atoms with Gasteiger partial charge in [0.15, 0.2) is 11.5 Å². The Morgan fingerprint density at radius 1 is 1.17 bits per heavy atom. The molecule has 1 amide bonds. The Morgan fingerprint density at radius 3 is 2.86 bits per heavy atom. The third-order valence-corrected chi connectivity index (χ3v) is 5.73. The molecule has 150 valence electrons. The highest BCUT2D eigenvalue weighted by Gasteiger charge is 2.30. The Balaban J connectivity index is 1.30. The molecule has 2 aromatic carbocycles. The number of ether oxygens (including phenoxy) is 2. The molecule has 1 fully saturated rings. The number of hydrogen-bond donors (Lipinski definition) is 2. The maximum Gasteiger partial charge on any atom is 0.251 e. The van der Waals surface area contributed by atoms with E-state index in [2.05, 4.69) is 22.2 Å². The molecule has 2 aliphatic heterocycles. The minimum Gasteiger partial charge on any atom is -0.486 e. The summed E-state index contributed by atoms with van der Waals surface area (Å²) in [5, 5.41) is 3.19. The summed E-state index contributed by atoms with van der Waals surface area (Å²) >= 11 is 0. The third-order valence-electron chi connectivity index (χ3n) is 5.73. The second kappa shape index (κ2) is 7.40. The number of nitrogens with zero attached hydrogens (tertiary/aromatic N) is 2. The van der Waals surface area contributed by atoms with Gasteiger partial charge in [-0.2, -0.15) is 0 Å². The van der Waals surface area contributed by atoms with Crippen molar-refractivity contribution in [1.82, 2.24) is 20.2 Å². The maximum absolute atomic E-state index is 12.8. The van der Waals surface area contributed by atoms with Crippen LogP contribution in [0.3, 0.4) is 0 Å². The third kappa shape index (κ3) is 3.53. The Labute approximate surface area is 169 Å². The van der Waals surface area contributed by atoms with Crippen molar-refractivity contribution < 1.29 is 14.3 Å². The van der Waals surface area contributed by atoms with Crippen molar-refractivity contribution in [1.29, 1.82) is 0 Å². The van der Waals surface area contributed by atoms with E-state index in [4.69, 9.17) is 14.5 Å². The lowest BCUT2D eigenvalue weighted by molar-refractivity contribution is 0.0883. The predicted molar refractivity (Wildman–Crippen MR) is 109 cm³/mol. The zero-order valence-electron chi connectivity index (χ0n) is 16.4. The molecule has 7 nitrogen and oxygen atoms in total. The van der Waals surface area contributed by atoms with Gasteiger partial charge >= 0.3 is 0 Å². The van der Waals surface area contributed by atoms with Crippen LogP contribution in [0, 0.1) is 0 Å². The number of likely N-dealkylation sites (tertiary alicyclic amines) is 1. The van der Waals surface area contributed by atoms with Gasteiger partial charge in [-0.05, 0) is 50.2 Å². The van der Waals surface area contributed by atoms with Crippen LogP contribution in [0.1, 0.15) is 35.1 Å². The Bertz CT molecular complexity index is 1010. The highest BCUT2D eigenvalue weighted by atomic mass is 16.6. The first-order valence-electron chi connectivity index (χ1n) is 10.0. The number of imidazole rings is 1. The van der Waals surface area contributed by atoms with Crippen molar-refractivity contribution in [2.45, 2.75) is 24.9 Å². The average molecular weight is 392 g/mol. The fraction of sp³-hybridized carbons (Fsp3) is 0.364. The lowest BCUT2D eigenvalue weighted by atomic mass is 9.96. The summed E-state index contributed by atoms with van der Waals surface area (Å²) in [6, 6.07) is 13.6. The van der Waals surface area contributed by atoms with Crippen molar-refractivity contribution in [3.05, 3.63) is 53.9 Å². The smallest absolute Gasteiger partial charge is 0.251 e. The van der Waals surface area contributed by atoms with Gasteiger partial charge < -0.3 is 19.8 Å². The Hall–Kier alpha value is -3.06. The first-order chi connectivity index (χ1) is 14.2. The molecule has 1 unspecified atom stereocenters. The van der Waals surface area contributed by atoms with Gasteiger partial charge in [0, 0.05) is 18.2 Å². The highest BCUT2D eigenvalue weighted by molar-refractivity contribution is 5.95. The highest BCUT2D eigenvalue weighted by Crippen LogP contribution is 2.32. The van der Waals surface area contributed by atoms with Gasteiger partial charge in [-0.1, -0.05) is 12.1 Å². The fourth-order valence-electron chi connectivity index (χ4n) is 4.12. The van der Waals surface area contributed by atoms with Gasteiger partial charge in [0.2, 0.25) is 0 Å². The number of hydrogen-bond acceptors (Lipinski definition) is 5. The number of piperidine rings is 1. The molecule has 29 heavy (non-hydrogen) atoms. The monoisotopic (exact) mass is 392 g/mol. The van der Waals surface area contributed by atoms with E-state index in [1.807, 2.05) is 24.3 Å². The number of benzene rings is 2. The first-order valence-corrected chi connectivity index (χ1v) is 10.0. The van der Waals surface area contributed by atoms with E-state index in [1.54, 1.807) is 18.2 Å². The summed E-state index contributed by atoms with van der Waals surface area (Å²) in [4.78, 5) is 23.3. The first kappa shape index (κ1) is 18.0. The average Bonchev–Trinajstić information content (AvgIpc) is 3.18. The molecule has 0 spiro atoms. The number of carbonyl (C=O) groups excluding carboxylic acids is 1. The van der Waals surface area contributed by atoms with Crippen LogP contribution >= 0.6 is 0 Å². The summed E-state index contributed by atoms with van der Waals surface area (Å²) in [6.07, 6.45) is 1.72. The number of rotatable bonds is 3. The normalized spacial score (nSPS) is 21.8. The molecule has 3 heterocycles. The molecule has 1 aromatic heterocycles. The quantitative estimate of drug-likeness (QED) is 0.717. The summed E-state index contributed by atoms with van der Waals surface area (Å²) in [7, 11) is 2.11. The molecule has 2 aliphatic rings. The number of carbonyl (C=O) groups is 1. The molecule has 2 atom stereocenters. The zero-order valence-corrected chi connectivity index (χ0v) is 16.4. The van der Waals surface area contributed by atoms with E-state index in [0.717, 1.165) is 36.2 Å². The number of para-hydroxylation sites is 2. The fourth-order valence-corrected chi connectivity index (χ4v) is 4.12. The summed E-state index contributed by atoms with van der Waals surface area (Å²) < 4.78 is 11.1. The van der Waals surface area contributed by atoms with Crippen molar-refractivity contribution in [3.63, 3.8) is 0 Å². The van der Waals surface area contributed by atoms with E-state index < -0.39 is 0 Å². The van der Waals surface area contributed by atoms with Crippen LogP contribution in [0.25, 0.3) is 11.0 Å². The minimum atomic E-state index is -0.0834. The molecule has 0 bridgehead atoms. The number of nitrogens with one attached hydrogen (secondary N) is 2. The van der Waals surface area contributed by atoms with Gasteiger partial charge in [0.05, 0.1) is 17.1 Å². The maximum atomic E-state index is 12.8. The van der Waals surface area contributed by atoms with Crippen LogP contribution in [0.5, 0.6) is 11.5 Å². The van der Waals surface area contributed by atoms with E-state index >= 15 is 0 Å². The topological polar surface area (TPSA) is 79.5 Å². The Morgan fingerprint density at radius 2 is 2.00 bits per heavy atom. The van der Waals surface area contributed by atoms with Gasteiger partial charge in [0.1, 0.15) is 19.0 Å². The van der Waals surface area contributed by atoms with Gasteiger partial charge in [-0.15, -0.1) is 0 Å². The zero-order chi connectivity index (χ0) is 19.8. The van der Waals surface area contributed by atoms with E-state index in [0.29, 0.717) is 30.3 Å². The summed E-state index contributed by atoms with van der Waals surface area (Å²) in [5.74, 6) is 2.19. The molecule has 7 heteroatoms. The molecule has 2 N–H and O–H groups in total. The lowest BCUT2D eigenvalue weighted by Crippen LogP contribution is -2.45. The van der Waals surface area contributed by atoms with Crippen LogP contribution in [0.4, 0.5) is 0 Å². The van der Waals surface area contributed by atoms with Crippen LogP contribution in [0.15, 0.2) is 42.5 Å². The standard InChI is InChI=1S/C22H24N4O3/c1-26-9-8-15(13-18(26)21-24-16-4-2-3-5-17(16)25-21)23-22(27)14-6-7-19-20(12-14)29-11-10-28-19/h2-7,12,15,18H,8-11,13H2,1H3,(H,23,27)(H,24,25)/t15-,18?/m1/s1. The van der Waals surface area contributed by atoms with Crippen LogP contribution in [-0.2, 0) is 0 Å². The Kier molecular flexibility index (Phi) is 4.60. The molecule has 0 aliphatic carbocycles. The van der Waals surface area contributed by atoms with Crippen molar-refractivity contribution >= 4 is 16.9 Å². The summed E-state index contributed by atoms with van der Waals surface area (Å²) in [5.41, 5.74) is 2.60. The second-order valence-electron chi connectivity index (χ2n) is 7.69. The lowest BCUT2D eigenvalue weighted by Gasteiger charge is -2.36. The molecule has 0 saturated carbocycles. The van der Waals surface area contributed by atoms with Crippen molar-refractivity contribution in [2.24, 2.45) is 0 Å². The SMILES string of the molecule is CN1CC[C@@H](NC(=O)c2ccc3c(c2)OCCO3)CC1c1nc2ccccc2[nH]1. The molecule has 0 radical (unpaired) electrons. The number of H-pyrrole nitrogens is 1. The molecule has 3 aromatic rings. The van der Waals surface area contributed by atoms with Gasteiger partial charge in [0.25, 0.3) is 5.91 Å². The van der Waals surface area contributed by atoms with Gasteiger partial charge in [-0.25, -0.2) is 4.98 Å². The number of amides is 1. The van der Waals surface area contributed by atoms with Crippen molar-refractivity contribution in [2.75, 3.05) is 26.8 Å². The number of fused-ring (bicyclic) bond motifs is 2. The largest absolute Gasteiger partial charge is 0.486 e. The van der Waals surface area contributed by atoms with Crippen LogP contribution in [-0.4, -0.2) is 53.6 Å². The predicted octanol–water partition coefficient (Wildman–Crippen LogP) is 2.90. The van der Waals surface area contributed by atoms with E-state index in [-0.39, 0.29) is 18.0 Å².